The van der Waals surface area contributed by atoms with Crippen molar-refractivity contribution in [3.63, 3.8) is 0 Å². The zero-order valence-electron chi connectivity index (χ0n) is 21.4. The average molecular weight is 531 g/mol. The maximum atomic E-state index is 14.8. The number of carboxylic acids is 1. The van der Waals surface area contributed by atoms with E-state index in [9.17, 15) is 23.2 Å². The van der Waals surface area contributed by atoms with Crippen molar-refractivity contribution < 1.29 is 33.0 Å². The van der Waals surface area contributed by atoms with E-state index >= 15 is 0 Å². The van der Waals surface area contributed by atoms with Gasteiger partial charge in [-0.1, -0.05) is 25.7 Å². The maximum Gasteiger partial charge on any atom is 0.303 e. The summed E-state index contributed by atoms with van der Waals surface area (Å²) in [4.78, 5) is 39.5. The molecular formula is C27H32F2N2O5Si. The predicted octanol–water partition coefficient (Wildman–Crippen LogP) is 4.08. The van der Waals surface area contributed by atoms with Crippen molar-refractivity contribution in [2.75, 3.05) is 19.0 Å². The highest BCUT2D eigenvalue weighted by Gasteiger charge is 2.43. The summed E-state index contributed by atoms with van der Waals surface area (Å²) in [5.74, 6) is -2.87. The Morgan fingerprint density at radius 3 is 2.32 bits per heavy atom. The van der Waals surface area contributed by atoms with Gasteiger partial charge in [0.15, 0.2) is 0 Å². The molecule has 1 aliphatic carbocycles. The van der Waals surface area contributed by atoms with Crippen LogP contribution in [0.3, 0.4) is 0 Å². The van der Waals surface area contributed by atoms with Gasteiger partial charge >= 0.3 is 5.97 Å². The van der Waals surface area contributed by atoms with Gasteiger partial charge in [0.05, 0.1) is 15.2 Å². The summed E-state index contributed by atoms with van der Waals surface area (Å²) in [7, 11) is -0.747. The average Bonchev–Trinajstić information content (AvgIpc) is 2.77. The molecule has 37 heavy (non-hydrogen) atoms. The minimum atomic E-state index is -2.29. The largest absolute Gasteiger partial charge is 0.497 e. The lowest BCUT2D eigenvalue weighted by atomic mass is 9.72. The summed E-state index contributed by atoms with van der Waals surface area (Å²) in [6, 6.07) is 6.53. The highest BCUT2D eigenvalue weighted by Crippen LogP contribution is 2.41. The number of methoxy groups -OCH3 is 1. The van der Waals surface area contributed by atoms with Crippen molar-refractivity contribution in [2.24, 2.45) is 11.8 Å². The monoisotopic (exact) mass is 530 g/mol. The van der Waals surface area contributed by atoms with Crippen LogP contribution in [0.25, 0.3) is 0 Å². The molecule has 1 atom stereocenters. The first-order valence-corrected chi connectivity index (χ1v) is 15.9. The third-order valence-corrected chi connectivity index (χ3v) is 9.20. The molecule has 2 amide bonds. The van der Waals surface area contributed by atoms with E-state index < -0.39 is 37.6 Å². The van der Waals surface area contributed by atoms with Gasteiger partial charge in [-0.05, 0) is 60.6 Å². The molecule has 4 rings (SSSR count). The Bertz CT molecular complexity index is 1220. The van der Waals surface area contributed by atoms with Crippen LogP contribution in [0.5, 0.6) is 5.75 Å². The quantitative estimate of drug-likeness (QED) is 0.526. The first kappa shape index (κ1) is 26.8. The minimum Gasteiger partial charge on any atom is -0.497 e. The molecule has 0 aromatic heterocycles. The molecule has 0 unspecified atom stereocenters. The van der Waals surface area contributed by atoms with Crippen LogP contribution < -0.4 is 15.2 Å². The topological polar surface area (TPSA) is 95.9 Å². The third-order valence-electron chi connectivity index (χ3n) is 7.22. The van der Waals surface area contributed by atoms with E-state index in [1.807, 2.05) is 25.7 Å². The van der Waals surface area contributed by atoms with E-state index in [-0.39, 0.29) is 41.6 Å². The molecule has 1 fully saturated rings. The number of nitrogens with one attached hydrogen (secondary N) is 1. The van der Waals surface area contributed by atoms with Crippen molar-refractivity contribution >= 4 is 36.7 Å². The molecule has 2 aromatic rings. The second-order valence-electron chi connectivity index (χ2n) is 10.9. The summed E-state index contributed by atoms with van der Waals surface area (Å²) in [6.45, 7) is 5.80. The van der Waals surface area contributed by atoms with Gasteiger partial charge in [0, 0.05) is 29.8 Å². The first-order chi connectivity index (χ1) is 17.4. The number of fused-ring (bicyclic) bond motifs is 1. The molecule has 1 saturated carbocycles. The zero-order valence-corrected chi connectivity index (χ0v) is 22.4. The second-order valence-corrected chi connectivity index (χ2v) is 15.9. The summed E-state index contributed by atoms with van der Waals surface area (Å²) in [5.41, 5.74) is 1.46. The van der Waals surface area contributed by atoms with Gasteiger partial charge in [-0.15, -0.1) is 0 Å². The van der Waals surface area contributed by atoms with Crippen LogP contribution in [0.4, 0.5) is 14.5 Å². The van der Waals surface area contributed by atoms with Crippen molar-refractivity contribution in [2.45, 2.75) is 51.4 Å². The number of hydrogen-bond acceptors (Lipinski definition) is 4. The minimum absolute atomic E-state index is 0.0137. The number of carboxylic acid groups (broad SMARTS) is 1. The Balaban J connectivity index is 1.62. The number of benzene rings is 2. The number of aliphatic carboxylic acids is 1. The van der Waals surface area contributed by atoms with E-state index in [2.05, 4.69) is 5.32 Å². The summed E-state index contributed by atoms with van der Waals surface area (Å²) in [5, 5.41) is 11.7. The molecule has 1 heterocycles. The van der Waals surface area contributed by atoms with Crippen molar-refractivity contribution in [1.29, 1.82) is 0 Å². The van der Waals surface area contributed by atoms with Crippen LogP contribution in [0.1, 0.15) is 36.4 Å². The van der Waals surface area contributed by atoms with Crippen molar-refractivity contribution in [1.82, 2.24) is 4.90 Å². The summed E-state index contributed by atoms with van der Waals surface area (Å²) < 4.78 is 35.0. The summed E-state index contributed by atoms with van der Waals surface area (Å²) >= 11 is 0. The molecule has 0 radical (unpaired) electrons. The lowest BCUT2D eigenvalue weighted by Gasteiger charge is -2.42. The molecule has 0 bridgehead atoms. The number of halogens is 2. The fourth-order valence-electron chi connectivity index (χ4n) is 5.41. The summed E-state index contributed by atoms with van der Waals surface area (Å²) in [6.07, 6.45) is 1.45. The fraction of sp³-hybridized carbons (Fsp3) is 0.444. The molecular weight excluding hydrogens is 498 g/mol. The molecule has 0 spiro atoms. The van der Waals surface area contributed by atoms with Gasteiger partial charge in [-0.25, -0.2) is 8.78 Å². The van der Waals surface area contributed by atoms with Gasteiger partial charge in [-0.3, -0.25) is 14.4 Å². The van der Waals surface area contributed by atoms with Crippen LogP contribution in [0.15, 0.2) is 30.3 Å². The highest BCUT2D eigenvalue weighted by atomic mass is 28.3. The van der Waals surface area contributed by atoms with Crippen molar-refractivity contribution in [3.8, 4) is 5.75 Å². The van der Waals surface area contributed by atoms with E-state index in [0.29, 0.717) is 30.6 Å². The van der Waals surface area contributed by atoms with Crippen LogP contribution >= 0.6 is 0 Å². The number of nitrogens with zero attached hydrogens (tertiary/aromatic N) is 1. The number of anilines is 1. The Kier molecular flexibility index (Phi) is 7.41. The molecule has 198 valence electrons. The van der Waals surface area contributed by atoms with E-state index in [1.54, 1.807) is 19.2 Å². The van der Waals surface area contributed by atoms with E-state index in [1.165, 1.54) is 4.90 Å². The normalized spacial score (nSPS) is 21.0. The van der Waals surface area contributed by atoms with Crippen LogP contribution in [0.2, 0.25) is 19.6 Å². The number of carbonyl (C=O) groups is 3. The SMILES string of the molecule is COc1ccc2c(c1)CCN(C(=O)[C@H]1C[C@@H](CC(=O)O)C1)[C@H]2C(=O)Nc1cc(F)c([Si](C)(C)C)c(F)c1. The number of amides is 2. The Hall–Kier alpha value is -3.27. The Morgan fingerprint density at radius 2 is 1.76 bits per heavy atom. The van der Waals surface area contributed by atoms with Crippen LogP contribution in [-0.4, -0.2) is 49.5 Å². The second kappa shape index (κ2) is 10.2. The van der Waals surface area contributed by atoms with Gasteiger partial charge in [-0.2, -0.15) is 0 Å². The fourth-order valence-corrected chi connectivity index (χ4v) is 6.99. The first-order valence-electron chi connectivity index (χ1n) is 12.4. The number of hydrogen-bond donors (Lipinski definition) is 2. The molecule has 1 aliphatic heterocycles. The Morgan fingerprint density at radius 1 is 1.11 bits per heavy atom. The Labute approximate surface area is 215 Å². The van der Waals surface area contributed by atoms with Gasteiger partial charge < -0.3 is 20.1 Å². The number of ether oxygens (including phenoxy) is 1. The number of rotatable bonds is 7. The third kappa shape index (κ3) is 5.53. The van der Waals surface area contributed by atoms with E-state index in [0.717, 1.165) is 17.7 Å². The van der Waals surface area contributed by atoms with Gasteiger partial charge in [0.2, 0.25) is 5.91 Å². The smallest absolute Gasteiger partial charge is 0.303 e. The van der Waals surface area contributed by atoms with Gasteiger partial charge in [0.1, 0.15) is 23.4 Å². The molecule has 0 saturated heterocycles. The van der Waals surface area contributed by atoms with Gasteiger partial charge in [0.25, 0.3) is 5.91 Å². The number of carbonyl (C=O) groups excluding carboxylic acids is 2. The standard InChI is InChI=1S/C27H32F2N2O5Si/c1-36-19-5-6-20-16(12-19)7-8-31(27(35)17-9-15(10-17)11-23(32)33)24(20)26(34)30-18-13-21(28)25(22(29)14-18)37(2,3)4/h5-6,12-15,17,24H,7-11H2,1-4H3,(H,30,34)(H,32,33)/t15-,17+,24-/m1/s1. The maximum absolute atomic E-state index is 14.8. The van der Waals surface area contributed by atoms with E-state index in [4.69, 9.17) is 9.84 Å². The molecule has 7 nitrogen and oxygen atoms in total. The van der Waals surface area contributed by atoms with Crippen LogP contribution in [0, 0.1) is 23.5 Å². The predicted molar refractivity (Wildman–Crippen MR) is 138 cm³/mol. The lowest BCUT2D eigenvalue weighted by Crippen LogP contribution is -2.50. The molecule has 10 heteroatoms. The zero-order chi connectivity index (χ0) is 27.1. The highest BCUT2D eigenvalue weighted by molar-refractivity contribution is 6.88. The molecule has 2 N–H and O–H groups in total. The van der Waals surface area contributed by atoms with Crippen LogP contribution in [-0.2, 0) is 20.8 Å². The molecule has 2 aromatic carbocycles. The van der Waals surface area contributed by atoms with Crippen molar-refractivity contribution in [3.05, 3.63) is 53.1 Å². The molecule has 2 aliphatic rings. The lowest BCUT2D eigenvalue weighted by molar-refractivity contribution is -0.149.